The minimum absolute atomic E-state index is 0.0576. The number of carbonyl (C=O) groups excluding carboxylic acids is 2. The molecule has 0 spiro atoms. The first-order valence-electron chi connectivity index (χ1n) is 10.4. The Morgan fingerprint density at radius 2 is 1.67 bits per heavy atom. The Labute approximate surface area is 189 Å². The fraction of sp³-hybridized carbons (Fsp3) is 0.417. The van der Waals surface area contributed by atoms with Crippen LogP contribution in [0.1, 0.15) is 51.2 Å². The van der Waals surface area contributed by atoms with E-state index in [-0.39, 0.29) is 24.3 Å². The van der Waals surface area contributed by atoms with Gasteiger partial charge in [-0.15, -0.1) is 0 Å². The van der Waals surface area contributed by atoms with Crippen LogP contribution in [0.3, 0.4) is 0 Å². The summed E-state index contributed by atoms with van der Waals surface area (Å²) >= 11 is 12.2. The van der Waals surface area contributed by atoms with Gasteiger partial charge in [-0.3, -0.25) is 9.59 Å². The highest BCUT2D eigenvalue weighted by Gasteiger charge is 2.29. The van der Waals surface area contributed by atoms with Crippen molar-refractivity contribution in [3.05, 3.63) is 69.7 Å². The van der Waals surface area contributed by atoms with Crippen LogP contribution in [0.2, 0.25) is 10.0 Å². The lowest BCUT2D eigenvalue weighted by atomic mass is 10.1. The molecule has 2 amide bonds. The number of halogens is 2. The van der Waals surface area contributed by atoms with Gasteiger partial charge in [0.15, 0.2) is 0 Å². The maximum atomic E-state index is 13.2. The lowest BCUT2D eigenvalue weighted by Crippen LogP contribution is -2.50. The van der Waals surface area contributed by atoms with Crippen molar-refractivity contribution >= 4 is 35.0 Å². The van der Waals surface area contributed by atoms with E-state index in [1.807, 2.05) is 57.2 Å². The molecule has 2 aromatic carbocycles. The number of hydrogen-bond acceptors (Lipinski definition) is 2. The molecule has 0 heterocycles. The van der Waals surface area contributed by atoms with Crippen LogP contribution in [0.15, 0.2) is 48.5 Å². The fourth-order valence-electron chi connectivity index (χ4n) is 3.23. The summed E-state index contributed by atoms with van der Waals surface area (Å²) in [6.07, 6.45) is 2.18. The lowest BCUT2D eigenvalue weighted by molar-refractivity contribution is -0.141. The van der Waals surface area contributed by atoms with Gasteiger partial charge in [0.2, 0.25) is 11.8 Å². The van der Waals surface area contributed by atoms with Gasteiger partial charge in [0.25, 0.3) is 0 Å². The number of rotatable bonds is 10. The molecule has 0 bridgehead atoms. The number of nitrogens with zero attached hydrogens (tertiary/aromatic N) is 1. The maximum Gasteiger partial charge on any atom is 0.243 e. The zero-order valence-corrected chi connectivity index (χ0v) is 19.3. The Balaban J connectivity index is 2.21. The van der Waals surface area contributed by atoms with Crippen LogP contribution in [0.4, 0.5) is 0 Å². The maximum absolute atomic E-state index is 13.2. The normalized spacial score (nSPS) is 12.8. The van der Waals surface area contributed by atoms with E-state index in [0.29, 0.717) is 29.4 Å². The standard InChI is InChI=1S/C24H30Cl2N2O2/c1-4-17(3)27-24(30)22(5-2)28(16-18-10-13-20(25)14-11-18)23(29)15-12-19-8-6-7-9-21(19)26/h6-11,13-14,17,22H,4-5,12,15-16H2,1-3H3,(H,27,30)/t17-,22+/m0/s1. The largest absolute Gasteiger partial charge is 0.352 e. The van der Waals surface area contributed by atoms with Crippen molar-refractivity contribution in [2.75, 3.05) is 0 Å². The van der Waals surface area contributed by atoms with Crippen molar-refractivity contribution in [2.45, 2.75) is 65.1 Å². The van der Waals surface area contributed by atoms with E-state index in [1.165, 1.54) is 0 Å². The minimum atomic E-state index is -0.534. The first-order valence-corrected chi connectivity index (χ1v) is 11.2. The van der Waals surface area contributed by atoms with E-state index in [2.05, 4.69) is 5.32 Å². The third kappa shape index (κ3) is 7.03. The molecule has 0 aliphatic carbocycles. The summed E-state index contributed by atoms with van der Waals surface area (Å²) < 4.78 is 0. The van der Waals surface area contributed by atoms with Crippen molar-refractivity contribution in [3.8, 4) is 0 Å². The highest BCUT2D eigenvalue weighted by atomic mass is 35.5. The number of aryl methyl sites for hydroxylation is 1. The summed E-state index contributed by atoms with van der Waals surface area (Å²) in [6.45, 7) is 6.27. The highest BCUT2D eigenvalue weighted by Crippen LogP contribution is 2.20. The molecule has 30 heavy (non-hydrogen) atoms. The van der Waals surface area contributed by atoms with Gasteiger partial charge in [-0.1, -0.05) is 67.4 Å². The monoisotopic (exact) mass is 448 g/mol. The van der Waals surface area contributed by atoms with Crippen molar-refractivity contribution in [2.24, 2.45) is 0 Å². The number of hydrogen-bond donors (Lipinski definition) is 1. The molecule has 162 valence electrons. The smallest absolute Gasteiger partial charge is 0.243 e. The molecule has 0 unspecified atom stereocenters. The molecule has 0 aromatic heterocycles. The summed E-state index contributed by atoms with van der Waals surface area (Å²) in [7, 11) is 0. The van der Waals surface area contributed by atoms with Crippen molar-refractivity contribution in [1.82, 2.24) is 10.2 Å². The van der Waals surface area contributed by atoms with Crippen LogP contribution in [0.25, 0.3) is 0 Å². The fourth-order valence-corrected chi connectivity index (χ4v) is 3.59. The molecule has 0 saturated heterocycles. The van der Waals surface area contributed by atoms with Crippen LogP contribution in [0, 0.1) is 0 Å². The summed E-state index contributed by atoms with van der Waals surface area (Å²) in [5, 5.41) is 4.30. The van der Waals surface area contributed by atoms with Gasteiger partial charge < -0.3 is 10.2 Å². The SMILES string of the molecule is CC[C@H](C(=O)N[C@@H](C)CC)N(Cc1ccc(Cl)cc1)C(=O)CCc1ccccc1Cl. The average Bonchev–Trinajstić information content (AvgIpc) is 2.74. The van der Waals surface area contributed by atoms with E-state index in [9.17, 15) is 9.59 Å². The predicted octanol–water partition coefficient (Wildman–Crippen LogP) is 5.65. The Morgan fingerprint density at radius 3 is 2.27 bits per heavy atom. The minimum Gasteiger partial charge on any atom is -0.352 e. The molecule has 0 aliphatic heterocycles. The summed E-state index contributed by atoms with van der Waals surface area (Å²) in [4.78, 5) is 27.8. The van der Waals surface area contributed by atoms with Gasteiger partial charge in [0.05, 0.1) is 0 Å². The zero-order chi connectivity index (χ0) is 22.1. The molecule has 0 saturated carbocycles. The molecule has 0 radical (unpaired) electrons. The molecular formula is C24H30Cl2N2O2. The Kier molecular flexibility index (Phi) is 9.67. The second-order valence-corrected chi connectivity index (χ2v) is 8.33. The Hall–Kier alpha value is -2.04. The first kappa shape index (κ1) is 24.2. The average molecular weight is 449 g/mol. The van der Waals surface area contributed by atoms with Crippen LogP contribution in [-0.4, -0.2) is 28.8 Å². The molecule has 1 N–H and O–H groups in total. The summed E-state index contributed by atoms with van der Waals surface area (Å²) in [6, 6.07) is 14.4. The third-order valence-electron chi connectivity index (χ3n) is 5.22. The van der Waals surface area contributed by atoms with E-state index in [1.54, 1.807) is 17.0 Å². The molecule has 2 atom stereocenters. The van der Waals surface area contributed by atoms with Gasteiger partial charge in [0, 0.05) is 29.1 Å². The van der Waals surface area contributed by atoms with Crippen LogP contribution < -0.4 is 5.32 Å². The van der Waals surface area contributed by atoms with Crippen LogP contribution >= 0.6 is 23.2 Å². The summed E-state index contributed by atoms with van der Waals surface area (Å²) in [5.41, 5.74) is 1.86. The zero-order valence-electron chi connectivity index (χ0n) is 17.8. The molecule has 2 rings (SSSR count). The highest BCUT2D eigenvalue weighted by molar-refractivity contribution is 6.31. The van der Waals surface area contributed by atoms with E-state index in [4.69, 9.17) is 23.2 Å². The molecular weight excluding hydrogens is 419 g/mol. The summed E-state index contributed by atoms with van der Waals surface area (Å²) in [5.74, 6) is -0.192. The molecule has 4 nitrogen and oxygen atoms in total. The molecule has 0 fully saturated rings. The van der Waals surface area contributed by atoms with Crippen LogP contribution in [-0.2, 0) is 22.6 Å². The topological polar surface area (TPSA) is 49.4 Å². The second-order valence-electron chi connectivity index (χ2n) is 7.48. The number of carbonyl (C=O) groups is 2. The molecule has 2 aromatic rings. The quantitative estimate of drug-likeness (QED) is 0.510. The van der Waals surface area contributed by atoms with E-state index in [0.717, 1.165) is 17.5 Å². The first-order chi connectivity index (χ1) is 14.3. The van der Waals surface area contributed by atoms with E-state index >= 15 is 0 Å². The van der Waals surface area contributed by atoms with Crippen molar-refractivity contribution < 1.29 is 9.59 Å². The lowest BCUT2D eigenvalue weighted by Gasteiger charge is -2.31. The molecule has 6 heteroatoms. The molecule has 0 aliphatic rings. The Bertz CT molecular complexity index is 839. The van der Waals surface area contributed by atoms with Gasteiger partial charge in [-0.2, -0.15) is 0 Å². The van der Waals surface area contributed by atoms with Gasteiger partial charge in [-0.25, -0.2) is 0 Å². The number of amides is 2. The van der Waals surface area contributed by atoms with Gasteiger partial charge in [0.1, 0.15) is 6.04 Å². The predicted molar refractivity (Wildman–Crippen MR) is 124 cm³/mol. The second kappa shape index (κ2) is 12.0. The van der Waals surface area contributed by atoms with Crippen molar-refractivity contribution in [1.29, 1.82) is 0 Å². The van der Waals surface area contributed by atoms with Gasteiger partial charge in [-0.05, 0) is 55.5 Å². The third-order valence-corrected chi connectivity index (χ3v) is 5.84. The van der Waals surface area contributed by atoms with Gasteiger partial charge >= 0.3 is 0 Å². The van der Waals surface area contributed by atoms with Crippen molar-refractivity contribution in [3.63, 3.8) is 0 Å². The number of benzene rings is 2. The Morgan fingerprint density at radius 1 is 1.00 bits per heavy atom. The number of nitrogens with one attached hydrogen (secondary N) is 1. The van der Waals surface area contributed by atoms with Crippen LogP contribution in [0.5, 0.6) is 0 Å². The van der Waals surface area contributed by atoms with E-state index < -0.39 is 6.04 Å².